The lowest BCUT2D eigenvalue weighted by atomic mass is 10.1. The van der Waals surface area contributed by atoms with Crippen LogP contribution in [0.25, 0.3) is 11.0 Å². The van der Waals surface area contributed by atoms with Gasteiger partial charge >= 0.3 is 5.97 Å². The highest BCUT2D eigenvalue weighted by molar-refractivity contribution is 5.92. The molecule has 1 aromatic carbocycles. The summed E-state index contributed by atoms with van der Waals surface area (Å²) in [4.78, 5) is 15.9. The monoisotopic (exact) mass is 288 g/mol. The van der Waals surface area contributed by atoms with Crippen molar-refractivity contribution < 1.29 is 14.6 Å². The van der Waals surface area contributed by atoms with Crippen LogP contribution in [0.5, 0.6) is 0 Å². The number of carbonyl (C=O) groups is 1. The van der Waals surface area contributed by atoms with Crippen LogP contribution in [-0.4, -0.2) is 33.8 Å². The number of hydrogen-bond acceptors (Lipinski definition) is 3. The van der Waals surface area contributed by atoms with Gasteiger partial charge in [-0.1, -0.05) is 13.8 Å². The first-order valence-electron chi connectivity index (χ1n) is 7.41. The lowest BCUT2D eigenvalue weighted by molar-refractivity contribution is 0.0593. The molecule has 0 saturated carbocycles. The Hall–Kier alpha value is -1.88. The number of hydrogen-bond donors (Lipinski definition) is 1. The maximum absolute atomic E-state index is 11.2. The molecule has 112 valence electrons. The number of nitrogens with zero attached hydrogens (tertiary/aromatic N) is 2. The largest absolute Gasteiger partial charge is 0.478 e. The van der Waals surface area contributed by atoms with E-state index in [0.29, 0.717) is 12.2 Å². The Labute approximate surface area is 123 Å². The van der Waals surface area contributed by atoms with E-state index in [0.717, 1.165) is 36.3 Å². The molecule has 1 saturated heterocycles. The lowest BCUT2D eigenvalue weighted by Crippen LogP contribution is -2.23. The van der Waals surface area contributed by atoms with Crippen LogP contribution in [-0.2, 0) is 4.74 Å². The lowest BCUT2D eigenvalue weighted by Gasteiger charge is -2.26. The van der Waals surface area contributed by atoms with Crippen LogP contribution in [0.15, 0.2) is 18.2 Å². The molecule has 0 bridgehead atoms. The number of carboxylic acids is 1. The summed E-state index contributed by atoms with van der Waals surface area (Å²) in [6.07, 6.45) is 2.07. The molecule has 21 heavy (non-hydrogen) atoms. The van der Waals surface area contributed by atoms with E-state index < -0.39 is 5.97 Å². The van der Waals surface area contributed by atoms with Gasteiger partial charge in [0.05, 0.1) is 29.2 Å². The second kappa shape index (κ2) is 5.48. The Morgan fingerprint density at radius 2 is 2.29 bits per heavy atom. The Balaban J connectivity index is 2.18. The molecule has 5 heteroatoms. The zero-order valence-corrected chi connectivity index (χ0v) is 12.4. The number of benzene rings is 1. The average molecular weight is 288 g/mol. The molecule has 1 fully saturated rings. The van der Waals surface area contributed by atoms with E-state index in [1.54, 1.807) is 18.2 Å². The first kappa shape index (κ1) is 14.1. The molecule has 1 aliphatic heterocycles. The quantitative estimate of drug-likeness (QED) is 0.942. The molecule has 1 aliphatic rings. The van der Waals surface area contributed by atoms with Gasteiger partial charge in [0, 0.05) is 12.5 Å². The molecule has 5 nitrogen and oxygen atoms in total. The maximum atomic E-state index is 11.2. The number of fused-ring (bicyclic) bond motifs is 1. The standard InChI is InChI=1S/C16H20N2O3/c1-10(2)15-17-13-6-5-11(16(19)20)8-14(13)18(15)12-4-3-7-21-9-12/h5-6,8,10,12H,3-4,7,9H2,1-2H3,(H,19,20). The zero-order valence-electron chi connectivity index (χ0n) is 12.4. The minimum atomic E-state index is -0.907. The van der Waals surface area contributed by atoms with Crippen LogP contribution < -0.4 is 0 Å². The third kappa shape index (κ3) is 2.53. The van der Waals surface area contributed by atoms with Gasteiger partial charge in [-0.2, -0.15) is 0 Å². The SMILES string of the molecule is CC(C)c1nc2ccc(C(=O)O)cc2n1C1CCCOC1. The summed E-state index contributed by atoms with van der Waals surface area (Å²) >= 11 is 0. The van der Waals surface area contributed by atoms with E-state index in [1.165, 1.54) is 0 Å². The molecule has 0 radical (unpaired) electrons. The molecule has 1 atom stereocenters. The van der Waals surface area contributed by atoms with E-state index in [1.807, 2.05) is 0 Å². The first-order chi connectivity index (χ1) is 10.1. The van der Waals surface area contributed by atoms with Crippen molar-refractivity contribution in [2.45, 2.75) is 38.6 Å². The van der Waals surface area contributed by atoms with Gasteiger partial charge in [-0.15, -0.1) is 0 Å². The molecule has 0 amide bonds. The fourth-order valence-electron chi connectivity index (χ4n) is 2.96. The summed E-state index contributed by atoms with van der Waals surface area (Å²) in [5, 5.41) is 9.21. The fraction of sp³-hybridized carbons (Fsp3) is 0.500. The second-order valence-electron chi connectivity index (χ2n) is 5.87. The predicted octanol–water partition coefficient (Wildman–Crippen LogP) is 3.21. The minimum Gasteiger partial charge on any atom is -0.478 e. The van der Waals surface area contributed by atoms with E-state index in [9.17, 15) is 9.90 Å². The predicted molar refractivity (Wildman–Crippen MR) is 79.9 cm³/mol. The second-order valence-corrected chi connectivity index (χ2v) is 5.87. The Bertz CT molecular complexity index is 669. The molecular formula is C16H20N2O3. The topological polar surface area (TPSA) is 64.3 Å². The van der Waals surface area contributed by atoms with E-state index in [4.69, 9.17) is 9.72 Å². The summed E-state index contributed by atoms with van der Waals surface area (Å²) in [6, 6.07) is 5.38. The minimum absolute atomic E-state index is 0.241. The van der Waals surface area contributed by atoms with Crippen LogP contribution in [0.1, 0.15) is 54.8 Å². The van der Waals surface area contributed by atoms with Gasteiger partial charge in [-0.3, -0.25) is 0 Å². The Morgan fingerprint density at radius 1 is 1.48 bits per heavy atom. The molecular weight excluding hydrogens is 268 g/mol. The smallest absolute Gasteiger partial charge is 0.335 e. The summed E-state index contributed by atoms with van der Waals surface area (Å²) in [6.45, 7) is 5.70. The third-order valence-corrected chi connectivity index (χ3v) is 3.98. The van der Waals surface area contributed by atoms with Crippen LogP contribution >= 0.6 is 0 Å². The van der Waals surface area contributed by atoms with Crippen molar-refractivity contribution in [3.8, 4) is 0 Å². The molecule has 3 rings (SSSR count). The average Bonchev–Trinajstić information content (AvgIpc) is 2.86. The van der Waals surface area contributed by atoms with Crippen LogP contribution in [0.2, 0.25) is 0 Å². The first-order valence-corrected chi connectivity index (χ1v) is 7.41. The van der Waals surface area contributed by atoms with E-state index in [-0.39, 0.29) is 12.0 Å². The number of imidazole rings is 1. The van der Waals surface area contributed by atoms with Crippen molar-refractivity contribution in [1.82, 2.24) is 9.55 Å². The van der Waals surface area contributed by atoms with Gasteiger partial charge in [0.15, 0.2) is 0 Å². The number of ether oxygens (including phenoxy) is 1. The highest BCUT2D eigenvalue weighted by Gasteiger charge is 2.23. The highest BCUT2D eigenvalue weighted by Crippen LogP contribution is 2.30. The van der Waals surface area contributed by atoms with Gasteiger partial charge in [0.1, 0.15) is 5.82 Å². The number of aromatic nitrogens is 2. The van der Waals surface area contributed by atoms with Crippen molar-refractivity contribution in [1.29, 1.82) is 0 Å². The third-order valence-electron chi connectivity index (χ3n) is 3.98. The van der Waals surface area contributed by atoms with Gasteiger partial charge in [-0.25, -0.2) is 9.78 Å². The van der Waals surface area contributed by atoms with E-state index >= 15 is 0 Å². The number of aromatic carboxylic acids is 1. The van der Waals surface area contributed by atoms with Crippen molar-refractivity contribution in [3.63, 3.8) is 0 Å². The van der Waals surface area contributed by atoms with Crippen LogP contribution in [0.3, 0.4) is 0 Å². The number of rotatable bonds is 3. The molecule has 0 spiro atoms. The summed E-state index contributed by atoms with van der Waals surface area (Å²) < 4.78 is 7.79. The highest BCUT2D eigenvalue weighted by atomic mass is 16.5. The normalized spacial score (nSPS) is 19.3. The fourth-order valence-corrected chi connectivity index (χ4v) is 2.96. The molecule has 0 aliphatic carbocycles. The van der Waals surface area contributed by atoms with Crippen molar-refractivity contribution >= 4 is 17.0 Å². The van der Waals surface area contributed by atoms with Crippen LogP contribution in [0, 0.1) is 0 Å². The molecule has 1 N–H and O–H groups in total. The maximum Gasteiger partial charge on any atom is 0.335 e. The van der Waals surface area contributed by atoms with Crippen molar-refractivity contribution in [3.05, 3.63) is 29.6 Å². The van der Waals surface area contributed by atoms with Gasteiger partial charge in [0.2, 0.25) is 0 Å². The number of carboxylic acid groups (broad SMARTS) is 1. The van der Waals surface area contributed by atoms with Gasteiger partial charge in [-0.05, 0) is 31.0 Å². The molecule has 2 aromatic rings. The van der Waals surface area contributed by atoms with Crippen molar-refractivity contribution in [2.24, 2.45) is 0 Å². The Kier molecular flexibility index (Phi) is 3.68. The Morgan fingerprint density at radius 3 is 2.90 bits per heavy atom. The summed E-state index contributed by atoms with van der Waals surface area (Å²) in [5.74, 6) is 0.381. The molecule has 2 heterocycles. The molecule has 1 unspecified atom stereocenters. The van der Waals surface area contributed by atoms with Crippen LogP contribution in [0.4, 0.5) is 0 Å². The van der Waals surface area contributed by atoms with E-state index in [2.05, 4.69) is 18.4 Å². The summed E-state index contributed by atoms with van der Waals surface area (Å²) in [5.41, 5.74) is 2.05. The van der Waals surface area contributed by atoms with Gasteiger partial charge < -0.3 is 14.4 Å². The van der Waals surface area contributed by atoms with Crippen molar-refractivity contribution in [2.75, 3.05) is 13.2 Å². The van der Waals surface area contributed by atoms with Gasteiger partial charge in [0.25, 0.3) is 0 Å². The zero-order chi connectivity index (χ0) is 15.0. The molecule has 1 aromatic heterocycles. The summed E-state index contributed by atoms with van der Waals surface area (Å²) in [7, 11) is 0.